The van der Waals surface area contributed by atoms with E-state index in [-0.39, 0.29) is 36.6 Å². The summed E-state index contributed by atoms with van der Waals surface area (Å²) < 4.78 is 5.13. The number of ketones is 4. The monoisotopic (exact) mass is 572 g/mol. The van der Waals surface area contributed by atoms with E-state index in [0.717, 1.165) is 0 Å². The van der Waals surface area contributed by atoms with Gasteiger partial charge in [-0.2, -0.15) is 0 Å². The van der Waals surface area contributed by atoms with Crippen molar-refractivity contribution in [3.63, 3.8) is 0 Å². The maximum absolute atomic E-state index is 14.0. The summed E-state index contributed by atoms with van der Waals surface area (Å²) in [4.78, 5) is 82.2. The van der Waals surface area contributed by atoms with E-state index in [1.165, 1.54) is 25.1 Å². The number of aliphatic hydroxyl groups is 1. The molecule has 3 aliphatic rings. The minimum Gasteiger partial charge on any atom is -0.505 e. The van der Waals surface area contributed by atoms with Crippen LogP contribution in [0.25, 0.3) is 0 Å². The maximum atomic E-state index is 14.0. The van der Waals surface area contributed by atoms with E-state index in [2.05, 4.69) is 5.32 Å². The molecule has 0 heterocycles. The van der Waals surface area contributed by atoms with E-state index in [1.807, 2.05) is 13.8 Å². The molecule has 2 saturated carbocycles. The topological polar surface area (TPSA) is 197 Å². The maximum Gasteiger partial charge on any atom is 0.411 e. The number of likely N-dealkylation sites (N-methyl/N-ethyl adjacent to an activating group) is 1. The number of primary amides is 1. The molecule has 0 aromatic heterocycles. The molecule has 0 spiro atoms. The van der Waals surface area contributed by atoms with Crippen LogP contribution in [0.4, 0.5) is 16.2 Å². The fourth-order valence-corrected chi connectivity index (χ4v) is 6.53. The van der Waals surface area contributed by atoms with Crippen LogP contribution in [-0.2, 0) is 30.3 Å². The molecule has 1 aromatic rings. The highest BCUT2D eigenvalue weighted by Crippen LogP contribution is 2.52. The Balaban J connectivity index is 1.83. The lowest BCUT2D eigenvalue weighted by Crippen LogP contribution is -2.74. The highest BCUT2D eigenvalue weighted by Gasteiger charge is 2.69. The Hall–Kier alpha value is -3.84. The molecular formula is C28H36N4O9. The second-order valence-corrected chi connectivity index (χ2v) is 11.9. The number of aromatic hydroxyl groups is 1. The third kappa shape index (κ3) is 4.66. The number of nitrogens with one attached hydrogen (secondary N) is 1. The average Bonchev–Trinajstić information content (AvgIpc) is 2.85. The highest BCUT2D eigenvalue weighted by molar-refractivity contribution is 6.32. The molecule has 222 valence electrons. The fourth-order valence-electron chi connectivity index (χ4n) is 6.53. The van der Waals surface area contributed by atoms with E-state index in [9.17, 15) is 39.0 Å². The molecule has 2 amide bonds. The van der Waals surface area contributed by atoms with Crippen molar-refractivity contribution in [1.29, 1.82) is 0 Å². The predicted molar refractivity (Wildman–Crippen MR) is 145 cm³/mol. The van der Waals surface area contributed by atoms with E-state index in [0.29, 0.717) is 11.3 Å². The Bertz CT molecular complexity index is 1350. The number of rotatable bonds is 6. The normalized spacial score (nSPS) is 29.1. The van der Waals surface area contributed by atoms with Crippen molar-refractivity contribution >= 4 is 46.5 Å². The first-order valence-corrected chi connectivity index (χ1v) is 13.4. The molecule has 0 bridgehead atoms. The van der Waals surface area contributed by atoms with Gasteiger partial charge in [0.15, 0.2) is 34.7 Å². The van der Waals surface area contributed by atoms with Gasteiger partial charge in [-0.1, -0.05) is 13.8 Å². The number of carbonyl (C=O) groups excluding carboxylic acids is 6. The summed E-state index contributed by atoms with van der Waals surface area (Å²) in [6.07, 6.45) is -0.806. The molecule has 3 aliphatic carbocycles. The molecule has 13 nitrogen and oxygen atoms in total. The van der Waals surface area contributed by atoms with Crippen molar-refractivity contribution in [3.05, 3.63) is 17.2 Å². The zero-order valence-corrected chi connectivity index (χ0v) is 23.9. The number of hydrogen-bond acceptors (Lipinski definition) is 11. The van der Waals surface area contributed by atoms with Crippen molar-refractivity contribution in [2.45, 2.75) is 38.3 Å². The zero-order chi connectivity index (χ0) is 30.7. The van der Waals surface area contributed by atoms with Gasteiger partial charge < -0.3 is 25.6 Å². The predicted octanol–water partition coefficient (Wildman–Crippen LogP) is 0.138. The summed E-state index contributed by atoms with van der Waals surface area (Å²) in [6, 6.07) is 0.314. The van der Waals surface area contributed by atoms with Crippen LogP contribution < -0.4 is 16.0 Å². The number of fused-ring (bicyclic) bond motifs is 3. The number of nitrogens with zero attached hydrogens (tertiary/aromatic N) is 2. The molecule has 5 N–H and O–H groups in total. The van der Waals surface area contributed by atoms with Crippen LogP contribution >= 0.6 is 0 Å². The van der Waals surface area contributed by atoms with Gasteiger partial charge in [0.25, 0.3) is 0 Å². The number of anilines is 2. The molecule has 13 heteroatoms. The van der Waals surface area contributed by atoms with Crippen molar-refractivity contribution in [1.82, 2.24) is 4.90 Å². The van der Waals surface area contributed by atoms with Crippen molar-refractivity contribution in [3.8, 4) is 5.75 Å². The molecule has 41 heavy (non-hydrogen) atoms. The summed E-state index contributed by atoms with van der Waals surface area (Å²) in [6.45, 7) is 3.82. The van der Waals surface area contributed by atoms with Crippen LogP contribution in [0.3, 0.4) is 0 Å². The molecule has 2 fully saturated rings. The first-order chi connectivity index (χ1) is 19.0. The van der Waals surface area contributed by atoms with Crippen molar-refractivity contribution in [2.24, 2.45) is 35.3 Å². The van der Waals surface area contributed by atoms with Gasteiger partial charge in [0.1, 0.15) is 5.75 Å². The lowest BCUT2D eigenvalue weighted by Gasteiger charge is -2.52. The highest BCUT2D eigenvalue weighted by atomic mass is 16.5. The van der Waals surface area contributed by atoms with Crippen molar-refractivity contribution < 1.29 is 43.7 Å². The molecule has 1 aromatic carbocycles. The molecule has 0 aliphatic heterocycles. The van der Waals surface area contributed by atoms with Crippen LogP contribution in [-0.4, -0.2) is 96.7 Å². The van der Waals surface area contributed by atoms with Gasteiger partial charge in [0.05, 0.1) is 29.8 Å². The van der Waals surface area contributed by atoms with Crippen LogP contribution in [0.5, 0.6) is 5.75 Å². The number of Topliss-reactive ketones (excluding diaryl/α,β-unsaturated/α-hetero) is 4. The summed E-state index contributed by atoms with van der Waals surface area (Å²) in [7, 11) is 6.47. The number of hydrogen-bond donors (Lipinski definition) is 4. The second kappa shape index (κ2) is 10.5. The van der Waals surface area contributed by atoms with Crippen LogP contribution in [0.2, 0.25) is 0 Å². The Morgan fingerprint density at radius 3 is 2.32 bits per heavy atom. The number of amides is 2. The Labute approximate surface area is 237 Å². The smallest absolute Gasteiger partial charge is 0.411 e. The number of ether oxygens (including phenoxy) is 1. The van der Waals surface area contributed by atoms with E-state index >= 15 is 0 Å². The Morgan fingerprint density at radius 2 is 1.78 bits per heavy atom. The summed E-state index contributed by atoms with van der Waals surface area (Å²) in [5, 5.41) is 25.3. The molecule has 0 saturated heterocycles. The number of benzene rings is 1. The Kier molecular flexibility index (Phi) is 7.74. The van der Waals surface area contributed by atoms with Crippen LogP contribution in [0.1, 0.15) is 36.2 Å². The molecule has 4 rings (SSSR count). The van der Waals surface area contributed by atoms with Gasteiger partial charge in [-0.05, 0) is 50.4 Å². The SMILES string of the molecule is CC(C)COC(=O)Nc1cc(N(C)C)c2c(c1O)C(=O)C1C(=O)[C@@]3(O)C(=O)C(C(N)=O)C(=O)[C@H](N(C)C)[C@H]3C[C@H]1C2. The van der Waals surface area contributed by atoms with Gasteiger partial charge >= 0.3 is 6.09 Å². The minimum absolute atomic E-state index is 0.0553. The summed E-state index contributed by atoms with van der Waals surface area (Å²) in [5.41, 5.74) is 3.11. The molecular weight excluding hydrogens is 536 g/mol. The lowest BCUT2D eigenvalue weighted by molar-refractivity contribution is -0.181. The van der Waals surface area contributed by atoms with E-state index in [4.69, 9.17) is 10.5 Å². The fraction of sp³-hybridized carbons (Fsp3) is 0.571. The van der Waals surface area contributed by atoms with Crippen LogP contribution in [0, 0.1) is 29.6 Å². The lowest BCUT2D eigenvalue weighted by atomic mass is 9.52. The Morgan fingerprint density at radius 1 is 1.15 bits per heavy atom. The first kappa shape index (κ1) is 30.1. The molecule has 2 unspecified atom stereocenters. The van der Waals surface area contributed by atoms with Gasteiger partial charge in [0.2, 0.25) is 5.91 Å². The zero-order valence-electron chi connectivity index (χ0n) is 23.9. The third-order valence-electron chi connectivity index (χ3n) is 8.30. The van der Waals surface area contributed by atoms with Gasteiger partial charge in [-0.15, -0.1) is 0 Å². The van der Waals surface area contributed by atoms with E-state index < -0.39 is 76.2 Å². The largest absolute Gasteiger partial charge is 0.505 e. The van der Waals surface area contributed by atoms with Gasteiger partial charge in [-0.25, -0.2) is 4.79 Å². The second-order valence-electron chi connectivity index (χ2n) is 11.9. The van der Waals surface area contributed by atoms with E-state index in [1.54, 1.807) is 19.0 Å². The third-order valence-corrected chi connectivity index (χ3v) is 8.30. The molecule has 6 atom stereocenters. The van der Waals surface area contributed by atoms with Crippen LogP contribution in [0.15, 0.2) is 6.07 Å². The summed E-state index contributed by atoms with van der Waals surface area (Å²) in [5.74, 6) is -11.4. The average molecular weight is 573 g/mol. The van der Waals surface area contributed by atoms with Gasteiger partial charge in [0, 0.05) is 25.7 Å². The number of phenols is 1. The molecule has 0 radical (unpaired) electrons. The standard InChI is InChI=1S/C28H36N4O9/c1-11(2)10-41-27(39)30-15-9-16(31(3)4)13-7-12-8-14-20(32(5)6)23(35)19(26(29)38)25(37)28(14,40)24(36)17(12)22(34)18(13)21(15)33/h9,11-12,14,17,19-20,33,40H,7-8,10H2,1-6H3,(H2,29,38)(H,30,39)/t12-,14-,17?,19?,20-,28-/m1/s1. The van der Waals surface area contributed by atoms with Gasteiger partial charge in [-0.3, -0.25) is 34.2 Å². The number of carbonyl (C=O) groups is 6. The summed E-state index contributed by atoms with van der Waals surface area (Å²) >= 11 is 0. The number of nitrogens with two attached hydrogens (primary N) is 1. The minimum atomic E-state index is -2.81. The first-order valence-electron chi connectivity index (χ1n) is 13.4. The van der Waals surface area contributed by atoms with Crippen molar-refractivity contribution in [2.75, 3.05) is 45.0 Å². The quantitative estimate of drug-likeness (QED) is 0.267. The number of phenolic OH excluding ortho intramolecular Hbond substituents is 1.